The Kier molecular flexibility index (Phi) is 6.38. The highest BCUT2D eigenvalue weighted by Crippen LogP contribution is 2.27. The molecule has 0 unspecified atom stereocenters. The van der Waals surface area contributed by atoms with E-state index in [1.165, 1.54) is 4.31 Å². The van der Waals surface area contributed by atoms with Crippen molar-refractivity contribution in [3.8, 4) is 0 Å². The van der Waals surface area contributed by atoms with Crippen molar-refractivity contribution in [2.45, 2.75) is 30.2 Å². The van der Waals surface area contributed by atoms with E-state index in [4.69, 9.17) is 0 Å². The predicted octanol–water partition coefficient (Wildman–Crippen LogP) is 2.21. The molecule has 0 radical (unpaired) electrons. The molecule has 7 nitrogen and oxygen atoms in total. The molecule has 164 valence electrons. The number of piperidine rings is 1. The van der Waals surface area contributed by atoms with Crippen LogP contribution in [0, 0.1) is 0 Å². The summed E-state index contributed by atoms with van der Waals surface area (Å²) in [5.74, 6) is -0.204. The molecule has 0 N–H and O–H groups in total. The molecule has 0 bridgehead atoms. The average molecular weight is 442 g/mol. The topological polar surface area (TPSA) is 78.0 Å². The van der Waals surface area contributed by atoms with E-state index in [9.17, 15) is 18.0 Å². The minimum absolute atomic E-state index is 0.0429. The standard InChI is InChI=1S/C23H27N3O4S/c27-22(19-9-3-1-4-10-19)24-15-17-25(18-16-24)23(28)21-13-7-8-14-26(21)31(29,30)20-11-5-2-6-12-20/h1-6,9-12,21H,7-8,13-18H2/t21-/m0/s1. The summed E-state index contributed by atoms with van der Waals surface area (Å²) in [4.78, 5) is 29.6. The van der Waals surface area contributed by atoms with Crippen LogP contribution in [0.2, 0.25) is 0 Å². The highest BCUT2D eigenvalue weighted by molar-refractivity contribution is 7.89. The molecule has 2 aliphatic rings. The Labute approximate surface area is 183 Å². The van der Waals surface area contributed by atoms with Crippen molar-refractivity contribution in [2.75, 3.05) is 32.7 Å². The average Bonchev–Trinajstić information content (AvgIpc) is 2.84. The van der Waals surface area contributed by atoms with Crippen LogP contribution >= 0.6 is 0 Å². The van der Waals surface area contributed by atoms with Crippen LogP contribution < -0.4 is 0 Å². The number of nitrogens with zero attached hydrogens (tertiary/aromatic N) is 3. The first-order valence-electron chi connectivity index (χ1n) is 10.7. The molecule has 2 aromatic rings. The molecule has 2 heterocycles. The fourth-order valence-electron chi connectivity index (χ4n) is 4.27. The second-order valence-corrected chi connectivity index (χ2v) is 9.81. The number of hydrogen-bond donors (Lipinski definition) is 0. The minimum atomic E-state index is -3.73. The highest BCUT2D eigenvalue weighted by Gasteiger charge is 2.40. The van der Waals surface area contributed by atoms with Gasteiger partial charge in [-0.15, -0.1) is 0 Å². The second kappa shape index (κ2) is 9.20. The van der Waals surface area contributed by atoms with Crippen LogP contribution in [0.5, 0.6) is 0 Å². The molecule has 0 aliphatic carbocycles. The Morgan fingerprint density at radius 3 is 1.97 bits per heavy atom. The van der Waals surface area contributed by atoms with Gasteiger partial charge in [-0.05, 0) is 37.1 Å². The molecule has 2 aliphatic heterocycles. The summed E-state index contributed by atoms with van der Waals surface area (Å²) in [7, 11) is -3.73. The largest absolute Gasteiger partial charge is 0.338 e. The zero-order chi connectivity index (χ0) is 21.8. The summed E-state index contributed by atoms with van der Waals surface area (Å²) in [5.41, 5.74) is 0.634. The van der Waals surface area contributed by atoms with Crippen molar-refractivity contribution >= 4 is 21.8 Å². The van der Waals surface area contributed by atoms with Crippen molar-refractivity contribution < 1.29 is 18.0 Å². The minimum Gasteiger partial charge on any atom is -0.338 e. The van der Waals surface area contributed by atoms with E-state index in [2.05, 4.69) is 0 Å². The normalized spacial score (nSPS) is 20.5. The zero-order valence-corrected chi connectivity index (χ0v) is 18.2. The van der Waals surface area contributed by atoms with Gasteiger partial charge in [-0.25, -0.2) is 8.42 Å². The fraction of sp³-hybridized carbons (Fsp3) is 0.391. The van der Waals surface area contributed by atoms with E-state index in [0.717, 1.165) is 12.8 Å². The van der Waals surface area contributed by atoms with Crippen LogP contribution in [0.4, 0.5) is 0 Å². The van der Waals surface area contributed by atoms with Crippen LogP contribution in [-0.4, -0.2) is 73.1 Å². The van der Waals surface area contributed by atoms with Gasteiger partial charge >= 0.3 is 0 Å². The Hall–Kier alpha value is -2.71. The van der Waals surface area contributed by atoms with E-state index >= 15 is 0 Å². The SMILES string of the molecule is O=C(c1ccccc1)N1CCN(C(=O)[C@@H]2CCCCN2S(=O)(=O)c2ccccc2)CC1. The molecule has 8 heteroatoms. The van der Waals surface area contributed by atoms with E-state index < -0.39 is 16.1 Å². The maximum atomic E-state index is 13.3. The van der Waals surface area contributed by atoms with Crippen molar-refractivity contribution in [1.82, 2.24) is 14.1 Å². The first kappa shape index (κ1) is 21.5. The fourth-order valence-corrected chi connectivity index (χ4v) is 5.94. The van der Waals surface area contributed by atoms with Crippen molar-refractivity contribution in [3.63, 3.8) is 0 Å². The van der Waals surface area contributed by atoms with Gasteiger partial charge < -0.3 is 9.80 Å². The molecule has 2 fully saturated rings. The van der Waals surface area contributed by atoms with Gasteiger partial charge in [0.1, 0.15) is 6.04 Å². The number of carbonyl (C=O) groups excluding carboxylic acids is 2. The van der Waals surface area contributed by atoms with Gasteiger partial charge in [0, 0.05) is 38.3 Å². The van der Waals surface area contributed by atoms with Gasteiger partial charge in [0.2, 0.25) is 15.9 Å². The molecule has 0 saturated carbocycles. The maximum Gasteiger partial charge on any atom is 0.253 e. The number of carbonyl (C=O) groups is 2. The molecule has 0 spiro atoms. The van der Waals surface area contributed by atoms with Crippen molar-refractivity contribution in [1.29, 1.82) is 0 Å². The molecule has 2 saturated heterocycles. The summed E-state index contributed by atoms with van der Waals surface area (Å²) >= 11 is 0. The molecule has 2 amide bonds. The molecule has 1 atom stereocenters. The number of rotatable bonds is 4. The van der Waals surface area contributed by atoms with Crippen LogP contribution in [-0.2, 0) is 14.8 Å². The summed E-state index contributed by atoms with van der Waals surface area (Å²) in [6.07, 6.45) is 2.09. The number of amides is 2. The lowest BCUT2D eigenvalue weighted by Gasteiger charge is -2.40. The van der Waals surface area contributed by atoms with Gasteiger partial charge in [0.15, 0.2) is 0 Å². The number of benzene rings is 2. The Balaban J connectivity index is 1.44. The van der Waals surface area contributed by atoms with E-state index in [1.807, 2.05) is 18.2 Å². The smallest absolute Gasteiger partial charge is 0.253 e. The van der Waals surface area contributed by atoms with Crippen LogP contribution in [0.3, 0.4) is 0 Å². The Bertz CT molecular complexity index is 1020. The lowest BCUT2D eigenvalue weighted by atomic mass is 10.0. The molecule has 4 rings (SSSR count). The van der Waals surface area contributed by atoms with Gasteiger partial charge in [-0.3, -0.25) is 9.59 Å². The molecule has 31 heavy (non-hydrogen) atoms. The quantitative estimate of drug-likeness (QED) is 0.729. The van der Waals surface area contributed by atoms with Gasteiger partial charge in [-0.1, -0.05) is 42.8 Å². The third-order valence-corrected chi connectivity index (χ3v) is 7.91. The molecule has 2 aromatic carbocycles. The van der Waals surface area contributed by atoms with Crippen molar-refractivity contribution in [3.05, 3.63) is 66.2 Å². The van der Waals surface area contributed by atoms with Crippen molar-refractivity contribution in [2.24, 2.45) is 0 Å². The Morgan fingerprint density at radius 2 is 1.32 bits per heavy atom. The number of sulfonamides is 1. The Morgan fingerprint density at radius 1 is 0.742 bits per heavy atom. The lowest BCUT2D eigenvalue weighted by Crippen LogP contribution is -2.57. The summed E-state index contributed by atoms with van der Waals surface area (Å²) in [6, 6.07) is 16.7. The van der Waals surface area contributed by atoms with Gasteiger partial charge in [0.25, 0.3) is 5.91 Å². The van der Waals surface area contributed by atoms with Crippen LogP contribution in [0.1, 0.15) is 29.6 Å². The predicted molar refractivity (Wildman–Crippen MR) is 117 cm³/mol. The second-order valence-electron chi connectivity index (χ2n) is 7.92. The third-order valence-electron chi connectivity index (χ3n) is 5.99. The summed E-state index contributed by atoms with van der Waals surface area (Å²) in [6.45, 7) is 2.05. The first-order valence-corrected chi connectivity index (χ1v) is 12.1. The lowest BCUT2D eigenvalue weighted by molar-refractivity contribution is -0.137. The van der Waals surface area contributed by atoms with Crippen LogP contribution in [0.15, 0.2) is 65.6 Å². The maximum absolute atomic E-state index is 13.3. The zero-order valence-electron chi connectivity index (χ0n) is 17.4. The summed E-state index contributed by atoms with van der Waals surface area (Å²) in [5, 5.41) is 0. The first-order chi connectivity index (χ1) is 15.0. The van der Waals surface area contributed by atoms with Crippen LogP contribution in [0.25, 0.3) is 0 Å². The summed E-state index contributed by atoms with van der Waals surface area (Å²) < 4.78 is 27.7. The molecular weight excluding hydrogens is 414 g/mol. The monoisotopic (exact) mass is 441 g/mol. The number of hydrogen-bond acceptors (Lipinski definition) is 4. The van der Waals surface area contributed by atoms with E-state index in [0.29, 0.717) is 44.7 Å². The molecule has 0 aromatic heterocycles. The van der Waals surface area contributed by atoms with E-state index in [1.54, 1.807) is 52.3 Å². The molecular formula is C23H27N3O4S. The number of piperazine rings is 1. The third kappa shape index (κ3) is 4.50. The highest BCUT2D eigenvalue weighted by atomic mass is 32.2. The van der Waals surface area contributed by atoms with E-state index in [-0.39, 0.29) is 16.7 Å². The van der Waals surface area contributed by atoms with Gasteiger partial charge in [0.05, 0.1) is 4.90 Å². The van der Waals surface area contributed by atoms with Gasteiger partial charge in [-0.2, -0.15) is 4.31 Å².